The van der Waals surface area contributed by atoms with Crippen molar-refractivity contribution in [3.05, 3.63) is 52.4 Å². The maximum absolute atomic E-state index is 13.7. The fourth-order valence-electron chi connectivity index (χ4n) is 5.54. The third-order valence-electron chi connectivity index (χ3n) is 7.40. The van der Waals surface area contributed by atoms with E-state index in [0.29, 0.717) is 41.6 Å². The molecule has 250 valence electrons. The number of amides is 1. The molecule has 14 nitrogen and oxygen atoms in total. The largest absolute Gasteiger partial charge is 0.490 e. The summed E-state index contributed by atoms with van der Waals surface area (Å²) in [5.74, 6) is -0.958. The molecule has 14 heteroatoms. The number of ether oxygens (including phenoxy) is 7. The number of hydrogen-bond acceptors (Lipinski definition) is 13. The molecule has 1 saturated heterocycles. The number of rotatable bonds is 8. The van der Waals surface area contributed by atoms with Crippen molar-refractivity contribution >= 4 is 34.8 Å². The Morgan fingerprint density at radius 3 is 2.26 bits per heavy atom. The van der Waals surface area contributed by atoms with Crippen LogP contribution in [0.1, 0.15) is 39.9 Å². The van der Waals surface area contributed by atoms with Crippen LogP contribution in [0.4, 0.5) is 0 Å². The van der Waals surface area contributed by atoms with Crippen molar-refractivity contribution in [2.75, 3.05) is 19.8 Å². The molecule has 0 saturated carbocycles. The smallest absolute Gasteiger partial charge is 0.303 e. The Hall–Kier alpha value is -5.11. The van der Waals surface area contributed by atoms with Crippen molar-refractivity contribution < 1.29 is 56.8 Å². The Kier molecular flexibility index (Phi) is 9.99. The number of aryl methyl sites for hydroxylation is 1. The summed E-state index contributed by atoms with van der Waals surface area (Å²) in [5, 5.41) is 2.92. The molecule has 1 amide bonds. The molecule has 47 heavy (non-hydrogen) atoms. The summed E-state index contributed by atoms with van der Waals surface area (Å²) >= 11 is 0. The molecule has 2 aliphatic rings. The SMILES string of the molecule is CC(=O)N[C@H]1[C@@H](Oc2ccc3c(=O)c(-c4ccc5c(c4)OCCCO5)c(C)oc3c2)O[C@H](COC(C)=O)[C@@H](OC(C)=O)[C@@H]1OC(C)=O. The first-order chi connectivity index (χ1) is 22.4. The van der Waals surface area contributed by atoms with Crippen LogP contribution in [0.3, 0.4) is 0 Å². The summed E-state index contributed by atoms with van der Waals surface area (Å²) < 4.78 is 45.9. The summed E-state index contributed by atoms with van der Waals surface area (Å²) in [6, 6.07) is 8.63. The second-order valence-electron chi connectivity index (χ2n) is 11.1. The third kappa shape index (κ3) is 7.65. The van der Waals surface area contributed by atoms with Crippen LogP contribution in [0.25, 0.3) is 22.1 Å². The zero-order valence-electron chi connectivity index (χ0n) is 26.5. The average molecular weight is 654 g/mol. The predicted molar refractivity (Wildman–Crippen MR) is 163 cm³/mol. The van der Waals surface area contributed by atoms with E-state index in [0.717, 1.165) is 20.3 Å². The van der Waals surface area contributed by atoms with Crippen LogP contribution in [-0.4, -0.2) is 74.3 Å². The molecule has 0 aliphatic carbocycles. The zero-order valence-corrected chi connectivity index (χ0v) is 26.5. The lowest BCUT2D eigenvalue weighted by Gasteiger charge is -2.44. The Bertz CT molecular complexity index is 1750. The maximum Gasteiger partial charge on any atom is 0.303 e. The van der Waals surface area contributed by atoms with Crippen molar-refractivity contribution in [2.45, 2.75) is 71.7 Å². The molecule has 2 aromatic carbocycles. The van der Waals surface area contributed by atoms with Gasteiger partial charge >= 0.3 is 17.9 Å². The van der Waals surface area contributed by atoms with Crippen molar-refractivity contribution in [3.8, 4) is 28.4 Å². The molecule has 1 aromatic heterocycles. The maximum atomic E-state index is 13.7. The summed E-state index contributed by atoms with van der Waals surface area (Å²) in [4.78, 5) is 61.8. The molecule has 0 unspecified atom stereocenters. The fourth-order valence-corrected chi connectivity index (χ4v) is 5.54. The summed E-state index contributed by atoms with van der Waals surface area (Å²) in [5.41, 5.74) is 0.891. The van der Waals surface area contributed by atoms with Gasteiger partial charge in [0.25, 0.3) is 0 Å². The van der Waals surface area contributed by atoms with Gasteiger partial charge in [0.15, 0.2) is 23.7 Å². The topological polar surface area (TPSA) is 175 Å². The molecule has 3 aromatic rings. The summed E-state index contributed by atoms with van der Waals surface area (Å²) in [6.07, 6.45) is -4.32. The van der Waals surface area contributed by atoms with Gasteiger partial charge in [0.1, 0.15) is 35.8 Å². The van der Waals surface area contributed by atoms with E-state index >= 15 is 0 Å². The highest BCUT2D eigenvalue weighted by Crippen LogP contribution is 2.36. The minimum absolute atomic E-state index is 0.169. The van der Waals surface area contributed by atoms with E-state index in [1.54, 1.807) is 25.1 Å². The third-order valence-corrected chi connectivity index (χ3v) is 7.40. The first kappa shape index (κ1) is 33.3. The van der Waals surface area contributed by atoms with Gasteiger partial charge < -0.3 is 42.9 Å². The normalized spacial score (nSPS) is 22.0. The lowest BCUT2D eigenvalue weighted by molar-refractivity contribution is -0.257. The van der Waals surface area contributed by atoms with Gasteiger partial charge in [0, 0.05) is 40.2 Å². The standard InChI is InChI=1S/C33H35NO13/c1-16-28(21-7-10-24-26(13-21)41-12-6-11-40-24)30(39)23-9-8-22(14-25(23)43-16)46-33-29(34-17(2)35)32(45-20(5)38)31(44-19(4)37)27(47-33)15-42-18(3)36/h7-10,13-14,27,29,31-33H,6,11-12,15H2,1-5H3,(H,34,35)/t27-,29-,31-,32-,33+/m1/s1. The van der Waals surface area contributed by atoms with Crippen molar-refractivity contribution in [3.63, 3.8) is 0 Å². The minimum Gasteiger partial charge on any atom is -0.490 e. The molecule has 1 N–H and O–H groups in total. The van der Waals surface area contributed by atoms with Crippen LogP contribution < -0.4 is 25.0 Å². The number of esters is 3. The average Bonchev–Trinajstić information content (AvgIpc) is 3.23. The molecule has 5 rings (SSSR count). The van der Waals surface area contributed by atoms with Gasteiger partial charge in [-0.2, -0.15) is 0 Å². The number of hydrogen-bond donors (Lipinski definition) is 1. The molecular weight excluding hydrogens is 618 g/mol. The van der Waals surface area contributed by atoms with E-state index in [1.807, 2.05) is 0 Å². The Morgan fingerprint density at radius 2 is 1.57 bits per heavy atom. The highest BCUT2D eigenvalue weighted by Gasteiger charge is 2.52. The Balaban J connectivity index is 1.50. The fraction of sp³-hybridized carbons (Fsp3) is 0.424. The lowest BCUT2D eigenvalue weighted by Crippen LogP contribution is -2.67. The van der Waals surface area contributed by atoms with E-state index in [-0.39, 0.29) is 28.8 Å². The van der Waals surface area contributed by atoms with Crippen LogP contribution in [0.2, 0.25) is 0 Å². The summed E-state index contributed by atoms with van der Waals surface area (Å²) in [7, 11) is 0. The molecule has 1 fully saturated rings. The molecule has 3 heterocycles. The highest BCUT2D eigenvalue weighted by atomic mass is 16.7. The molecule has 0 bridgehead atoms. The van der Waals surface area contributed by atoms with Crippen LogP contribution in [-0.2, 0) is 38.1 Å². The van der Waals surface area contributed by atoms with Gasteiger partial charge in [-0.15, -0.1) is 0 Å². The quantitative estimate of drug-likeness (QED) is 0.278. The van der Waals surface area contributed by atoms with Crippen molar-refractivity contribution in [1.82, 2.24) is 5.32 Å². The van der Waals surface area contributed by atoms with E-state index < -0.39 is 54.5 Å². The van der Waals surface area contributed by atoms with E-state index in [4.69, 9.17) is 37.6 Å². The van der Waals surface area contributed by atoms with Crippen LogP contribution in [0.5, 0.6) is 17.2 Å². The van der Waals surface area contributed by atoms with E-state index in [1.165, 1.54) is 32.0 Å². The number of benzene rings is 2. The molecule has 0 spiro atoms. The van der Waals surface area contributed by atoms with Gasteiger partial charge in [0.2, 0.25) is 17.6 Å². The van der Waals surface area contributed by atoms with Gasteiger partial charge in [-0.1, -0.05) is 6.07 Å². The number of fused-ring (bicyclic) bond motifs is 2. The lowest BCUT2D eigenvalue weighted by atomic mass is 9.96. The zero-order chi connectivity index (χ0) is 33.8. The second kappa shape index (κ2) is 14.1. The van der Waals surface area contributed by atoms with Gasteiger partial charge in [-0.05, 0) is 36.8 Å². The molecule has 2 aliphatic heterocycles. The van der Waals surface area contributed by atoms with Crippen LogP contribution >= 0.6 is 0 Å². The molecular formula is C33H35NO13. The van der Waals surface area contributed by atoms with Gasteiger partial charge in [0.05, 0.1) is 24.2 Å². The Labute approximate surface area is 269 Å². The molecule has 0 radical (unpaired) electrons. The monoisotopic (exact) mass is 653 g/mol. The first-order valence-corrected chi connectivity index (χ1v) is 15.0. The first-order valence-electron chi connectivity index (χ1n) is 15.0. The highest BCUT2D eigenvalue weighted by molar-refractivity contribution is 5.84. The van der Waals surface area contributed by atoms with Crippen LogP contribution in [0, 0.1) is 6.92 Å². The second-order valence-corrected chi connectivity index (χ2v) is 11.1. The number of carbonyl (C=O) groups is 4. The van der Waals surface area contributed by atoms with Gasteiger partial charge in [-0.3, -0.25) is 24.0 Å². The van der Waals surface area contributed by atoms with Crippen LogP contribution in [0.15, 0.2) is 45.6 Å². The van der Waals surface area contributed by atoms with Crippen molar-refractivity contribution in [1.29, 1.82) is 0 Å². The molecule has 5 atom stereocenters. The number of carbonyl (C=O) groups excluding carboxylic acids is 4. The van der Waals surface area contributed by atoms with Crippen molar-refractivity contribution in [2.24, 2.45) is 0 Å². The summed E-state index contributed by atoms with van der Waals surface area (Å²) in [6.45, 7) is 7.04. The minimum atomic E-state index is -1.35. The van der Waals surface area contributed by atoms with E-state index in [9.17, 15) is 24.0 Å². The number of nitrogens with one attached hydrogen (secondary N) is 1. The Morgan fingerprint density at radius 1 is 0.872 bits per heavy atom. The van der Waals surface area contributed by atoms with E-state index in [2.05, 4.69) is 5.32 Å². The van der Waals surface area contributed by atoms with Gasteiger partial charge in [-0.25, -0.2) is 0 Å². The predicted octanol–water partition coefficient (Wildman–Crippen LogP) is 2.96.